The average molecular weight is 321 g/mol. The fourth-order valence-corrected chi connectivity index (χ4v) is 2.83. The molecular weight excluding hydrogens is 302 g/mol. The van der Waals surface area contributed by atoms with Gasteiger partial charge in [0.05, 0.1) is 23.4 Å². The number of hydrogen-bond acceptors (Lipinski definition) is 3. The van der Waals surface area contributed by atoms with E-state index in [4.69, 9.17) is 9.72 Å². The third-order valence-corrected chi connectivity index (χ3v) is 3.98. The molecule has 4 heteroatoms. The number of aromatic carboxylic acids is 1. The minimum atomic E-state index is -0.946. The van der Waals surface area contributed by atoms with Gasteiger partial charge in [0.15, 0.2) is 0 Å². The second-order valence-electron chi connectivity index (χ2n) is 5.49. The van der Waals surface area contributed by atoms with Crippen LogP contribution in [0.1, 0.15) is 29.8 Å². The molecule has 4 nitrogen and oxygen atoms in total. The molecule has 0 radical (unpaired) electrons. The summed E-state index contributed by atoms with van der Waals surface area (Å²) in [5, 5.41) is 10.3. The van der Waals surface area contributed by atoms with Crippen molar-refractivity contribution in [1.29, 1.82) is 0 Å². The van der Waals surface area contributed by atoms with Crippen LogP contribution in [0.2, 0.25) is 0 Å². The summed E-state index contributed by atoms with van der Waals surface area (Å²) >= 11 is 0. The summed E-state index contributed by atoms with van der Waals surface area (Å²) in [6.07, 6.45) is 0.797. The molecule has 3 rings (SSSR count). The number of fused-ring (bicyclic) bond motifs is 1. The highest BCUT2D eigenvalue weighted by atomic mass is 16.5. The molecule has 1 N–H and O–H groups in total. The molecule has 0 saturated carbocycles. The molecule has 2 aromatic carbocycles. The third-order valence-electron chi connectivity index (χ3n) is 3.98. The fourth-order valence-electron chi connectivity index (χ4n) is 2.83. The zero-order valence-electron chi connectivity index (χ0n) is 13.7. The smallest absolute Gasteiger partial charge is 0.336 e. The predicted molar refractivity (Wildman–Crippen MR) is 94.7 cm³/mol. The second kappa shape index (κ2) is 6.71. The Morgan fingerprint density at radius 2 is 1.92 bits per heavy atom. The van der Waals surface area contributed by atoms with Gasteiger partial charge < -0.3 is 9.84 Å². The molecule has 0 amide bonds. The first-order valence-corrected chi connectivity index (χ1v) is 8.03. The molecule has 0 aliphatic carbocycles. The largest absolute Gasteiger partial charge is 0.494 e. The highest BCUT2D eigenvalue weighted by Gasteiger charge is 2.15. The molecule has 24 heavy (non-hydrogen) atoms. The average Bonchev–Trinajstić information content (AvgIpc) is 2.60. The van der Waals surface area contributed by atoms with Gasteiger partial charge in [-0.15, -0.1) is 0 Å². The Morgan fingerprint density at radius 3 is 2.62 bits per heavy atom. The van der Waals surface area contributed by atoms with E-state index in [1.165, 1.54) is 0 Å². The molecule has 0 bridgehead atoms. The molecule has 0 atom stereocenters. The van der Waals surface area contributed by atoms with Crippen molar-refractivity contribution in [3.8, 4) is 17.0 Å². The number of carbonyl (C=O) groups is 1. The van der Waals surface area contributed by atoms with Crippen molar-refractivity contribution in [2.45, 2.75) is 20.3 Å². The van der Waals surface area contributed by atoms with Crippen molar-refractivity contribution < 1.29 is 14.6 Å². The number of aromatic nitrogens is 1. The van der Waals surface area contributed by atoms with Crippen LogP contribution in [0.25, 0.3) is 22.2 Å². The van der Waals surface area contributed by atoms with E-state index in [0.717, 1.165) is 28.8 Å². The van der Waals surface area contributed by atoms with E-state index in [2.05, 4.69) is 0 Å². The molecule has 0 spiro atoms. The molecule has 0 unspecified atom stereocenters. The molecular formula is C20H19NO3. The van der Waals surface area contributed by atoms with Crippen molar-refractivity contribution in [2.24, 2.45) is 0 Å². The van der Waals surface area contributed by atoms with Gasteiger partial charge in [-0.05, 0) is 37.1 Å². The van der Waals surface area contributed by atoms with Gasteiger partial charge in [-0.1, -0.05) is 37.3 Å². The summed E-state index contributed by atoms with van der Waals surface area (Å²) in [7, 11) is 0. The van der Waals surface area contributed by atoms with Crippen LogP contribution in [0.3, 0.4) is 0 Å². The minimum absolute atomic E-state index is 0.270. The van der Waals surface area contributed by atoms with E-state index in [-0.39, 0.29) is 5.56 Å². The first-order valence-electron chi connectivity index (χ1n) is 8.03. The Morgan fingerprint density at radius 1 is 1.12 bits per heavy atom. The van der Waals surface area contributed by atoms with Crippen LogP contribution < -0.4 is 4.74 Å². The number of para-hydroxylation sites is 1. The lowest BCUT2D eigenvalue weighted by Gasteiger charge is -2.11. The number of rotatable bonds is 5. The zero-order chi connectivity index (χ0) is 17.1. The lowest BCUT2D eigenvalue weighted by Crippen LogP contribution is -2.02. The van der Waals surface area contributed by atoms with Gasteiger partial charge in [-0.2, -0.15) is 0 Å². The Kier molecular flexibility index (Phi) is 4.47. The Bertz CT molecular complexity index is 903. The summed E-state index contributed by atoms with van der Waals surface area (Å²) in [5.74, 6) is -0.199. The van der Waals surface area contributed by atoms with Crippen molar-refractivity contribution in [3.05, 3.63) is 59.7 Å². The van der Waals surface area contributed by atoms with E-state index >= 15 is 0 Å². The number of carboxylic acids is 1. The number of benzene rings is 2. The van der Waals surface area contributed by atoms with Gasteiger partial charge in [-0.3, -0.25) is 0 Å². The highest BCUT2D eigenvalue weighted by molar-refractivity contribution is 6.04. The third kappa shape index (κ3) is 2.95. The molecule has 0 saturated heterocycles. The van der Waals surface area contributed by atoms with E-state index in [0.29, 0.717) is 17.7 Å². The lowest BCUT2D eigenvalue weighted by atomic mass is 10.0. The van der Waals surface area contributed by atoms with E-state index in [1.54, 1.807) is 6.07 Å². The zero-order valence-corrected chi connectivity index (χ0v) is 13.7. The fraction of sp³-hybridized carbons (Fsp3) is 0.200. The van der Waals surface area contributed by atoms with Crippen LogP contribution in [-0.2, 0) is 6.42 Å². The van der Waals surface area contributed by atoms with Crippen molar-refractivity contribution >= 4 is 16.9 Å². The van der Waals surface area contributed by atoms with Crippen LogP contribution in [0, 0.1) is 0 Å². The standard InChI is InChI=1S/C20H19NO3/c1-3-13-7-6-10-16-17(20(22)23)12-18(21-19(13)16)14-8-5-9-15(11-14)24-4-2/h5-12H,3-4H2,1-2H3,(H,22,23). The van der Waals surface area contributed by atoms with Gasteiger partial charge in [0.25, 0.3) is 0 Å². The van der Waals surface area contributed by atoms with E-state index in [9.17, 15) is 9.90 Å². The summed E-state index contributed by atoms with van der Waals surface area (Å²) in [5.41, 5.74) is 3.54. The lowest BCUT2D eigenvalue weighted by molar-refractivity contribution is 0.0699. The number of carboxylic acid groups (broad SMARTS) is 1. The minimum Gasteiger partial charge on any atom is -0.494 e. The Labute approximate surface area is 140 Å². The van der Waals surface area contributed by atoms with Crippen molar-refractivity contribution in [1.82, 2.24) is 4.98 Å². The normalized spacial score (nSPS) is 10.8. The highest BCUT2D eigenvalue weighted by Crippen LogP contribution is 2.29. The molecule has 0 aliphatic rings. The van der Waals surface area contributed by atoms with Gasteiger partial charge in [-0.25, -0.2) is 9.78 Å². The van der Waals surface area contributed by atoms with Crippen LogP contribution in [0.5, 0.6) is 5.75 Å². The summed E-state index contributed by atoms with van der Waals surface area (Å²) in [6, 6.07) is 14.9. The van der Waals surface area contributed by atoms with Gasteiger partial charge >= 0.3 is 5.97 Å². The maximum Gasteiger partial charge on any atom is 0.336 e. The summed E-state index contributed by atoms with van der Waals surface area (Å²) < 4.78 is 5.53. The molecule has 122 valence electrons. The molecule has 3 aromatic rings. The summed E-state index contributed by atoms with van der Waals surface area (Å²) in [4.78, 5) is 16.5. The number of pyridine rings is 1. The molecule has 0 fully saturated rings. The maximum absolute atomic E-state index is 11.7. The summed E-state index contributed by atoms with van der Waals surface area (Å²) in [6.45, 7) is 4.55. The van der Waals surface area contributed by atoms with E-state index in [1.807, 2.05) is 56.3 Å². The number of hydrogen-bond donors (Lipinski definition) is 1. The van der Waals surface area contributed by atoms with Gasteiger partial charge in [0.1, 0.15) is 5.75 Å². The first kappa shape index (κ1) is 16.0. The Hall–Kier alpha value is -2.88. The predicted octanol–water partition coefficient (Wildman–Crippen LogP) is 4.56. The van der Waals surface area contributed by atoms with Gasteiger partial charge in [0, 0.05) is 10.9 Å². The number of ether oxygens (including phenoxy) is 1. The maximum atomic E-state index is 11.7. The first-order chi connectivity index (χ1) is 11.6. The van der Waals surface area contributed by atoms with E-state index < -0.39 is 5.97 Å². The van der Waals surface area contributed by atoms with Crippen LogP contribution in [-0.4, -0.2) is 22.7 Å². The van der Waals surface area contributed by atoms with Gasteiger partial charge in [0.2, 0.25) is 0 Å². The monoisotopic (exact) mass is 321 g/mol. The second-order valence-corrected chi connectivity index (χ2v) is 5.49. The SMILES string of the molecule is CCOc1cccc(-c2cc(C(=O)O)c3cccc(CC)c3n2)c1. The molecule has 1 heterocycles. The van der Waals surface area contributed by atoms with Crippen LogP contribution >= 0.6 is 0 Å². The van der Waals surface area contributed by atoms with Crippen molar-refractivity contribution in [2.75, 3.05) is 6.61 Å². The van der Waals surface area contributed by atoms with Crippen LogP contribution in [0.15, 0.2) is 48.5 Å². The molecule has 1 aromatic heterocycles. The number of aryl methyl sites for hydroxylation is 1. The van der Waals surface area contributed by atoms with Crippen LogP contribution in [0.4, 0.5) is 0 Å². The van der Waals surface area contributed by atoms with Crippen molar-refractivity contribution in [3.63, 3.8) is 0 Å². The Balaban J connectivity index is 2.25. The quantitative estimate of drug-likeness (QED) is 0.748. The number of nitrogens with zero attached hydrogens (tertiary/aromatic N) is 1. The molecule has 0 aliphatic heterocycles. The topological polar surface area (TPSA) is 59.4 Å².